The first-order chi connectivity index (χ1) is 11.2. The molecule has 0 aromatic carbocycles. The predicted octanol–water partition coefficient (Wildman–Crippen LogP) is 1.38. The van der Waals surface area contributed by atoms with Gasteiger partial charge in [-0.05, 0) is 44.9 Å². The minimum absolute atomic E-state index is 0.534. The van der Waals surface area contributed by atoms with Crippen LogP contribution in [0.5, 0.6) is 0 Å². The fourth-order valence-electron chi connectivity index (χ4n) is 3.35. The third kappa shape index (κ3) is 2.79. The van der Waals surface area contributed by atoms with Gasteiger partial charge >= 0.3 is 0 Å². The van der Waals surface area contributed by atoms with Crippen molar-refractivity contribution in [1.29, 1.82) is 0 Å². The van der Waals surface area contributed by atoms with E-state index >= 15 is 0 Å². The Bertz CT molecular complexity index is 710. The lowest BCUT2D eigenvalue weighted by Gasteiger charge is -2.44. The maximum Gasteiger partial charge on any atom is 0.151 e. The highest BCUT2D eigenvalue weighted by atomic mass is 15.4. The van der Waals surface area contributed by atoms with Gasteiger partial charge in [0.05, 0.1) is 17.1 Å². The lowest BCUT2D eigenvalue weighted by Crippen LogP contribution is -2.58. The van der Waals surface area contributed by atoms with E-state index in [2.05, 4.69) is 43.1 Å². The molecular formula is C17H22N6. The molecule has 4 rings (SSSR count). The van der Waals surface area contributed by atoms with Crippen LogP contribution in [-0.2, 0) is 19.4 Å². The molecule has 0 radical (unpaired) electrons. The van der Waals surface area contributed by atoms with Crippen molar-refractivity contribution >= 4 is 5.82 Å². The highest BCUT2D eigenvalue weighted by Crippen LogP contribution is 2.26. The zero-order valence-electron chi connectivity index (χ0n) is 13.7. The number of hydrogen-bond donors (Lipinski definition) is 0. The molecule has 23 heavy (non-hydrogen) atoms. The monoisotopic (exact) mass is 310 g/mol. The molecule has 0 unspecified atom stereocenters. The molecule has 6 nitrogen and oxygen atoms in total. The van der Waals surface area contributed by atoms with Gasteiger partial charge in [-0.25, -0.2) is 0 Å². The van der Waals surface area contributed by atoms with Gasteiger partial charge in [-0.15, -0.1) is 5.10 Å². The summed E-state index contributed by atoms with van der Waals surface area (Å²) in [6.45, 7) is 4.87. The lowest BCUT2D eigenvalue weighted by atomic mass is 10.1. The molecule has 6 heteroatoms. The van der Waals surface area contributed by atoms with E-state index in [0.717, 1.165) is 49.7 Å². The molecule has 1 aliphatic heterocycles. The maximum atomic E-state index is 4.44. The summed E-state index contributed by atoms with van der Waals surface area (Å²) in [4.78, 5) is 13.4. The van der Waals surface area contributed by atoms with Gasteiger partial charge in [0.15, 0.2) is 5.82 Å². The quantitative estimate of drug-likeness (QED) is 0.850. The summed E-state index contributed by atoms with van der Waals surface area (Å²) in [5, 5.41) is 8.79. The number of hydrogen-bond acceptors (Lipinski definition) is 6. The van der Waals surface area contributed by atoms with E-state index in [0.29, 0.717) is 6.04 Å². The van der Waals surface area contributed by atoms with Crippen LogP contribution in [-0.4, -0.2) is 51.2 Å². The Balaban J connectivity index is 1.37. The van der Waals surface area contributed by atoms with Crippen LogP contribution in [0.15, 0.2) is 18.5 Å². The fraction of sp³-hybridized carbons (Fsp3) is 0.529. The highest BCUT2D eigenvalue weighted by molar-refractivity contribution is 5.45. The van der Waals surface area contributed by atoms with Gasteiger partial charge in [-0.3, -0.25) is 14.9 Å². The molecule has 0 bridgehead atoms. The topological polar surface area (TPSA) is 58.0 Å². The minimum atomic E-state index is 0.534. The summed E-state index contributed by atoms with van der Waals surface area (Å²) in [5.74, 6) is 1.03. The third-order valence-electron chi connectivity index (χ3n) is 5.00. The van der Waals surface area contributed by atoms with Crippen molar-refractivity contribution in [3.8, 4) is 0 Å². The average Bonchev–Trinajstić information content (AvgIpc) is 2.96. The predicted molar refractivity (Wildman–Crippen MR) is 88.3 cm³/mol. The smallest absolute Gasteiger partial charge is 0.151 e. The van der Waals surface area contributed by atoms with Crippen LogP contribution in [0.1, 0.15) is 29.1 Å². The van der Waals surface area contributed by atoms with Gasteiger partial charge < -0.3 is 4.90 Å². The maximum absolute atomic E-state index is 4.44. The summed E-state index contributed by atoms with van der Waals surface area (Å²) in [6.07, 6.45) is 6.97. The van der Waals surface area contributed by atoms with Crippen molar-refractivity contribution in [2.75, 3.05) is 25.0 Å². The number of aromatic nitrogens is 4. The molecule has 0 spiro atoms. The summed E-state index contributed by atoms with van der Waals surface area (Å²) < 4.78 is 0. The SMILES string of the molecule is Cc1nccnc1CN(C)C1CN(c2cc3c(nn2)CCC3)C1. The number of anilines is 1. The molecule has 0 saturated carbocycles. The molecule has 1 saturated heterocycles. The molecule has 2 aromatic heterocycles. The number of fused-ring (bicyclic) bond motifs is 1. The van der Waals surface area contributed by atoms with Gasteiger partial charge in [-0.1, -0.05) is 0 Å². The van der Waals surface area contributed by atoms with Crippen LogP contribution >= 0.6 is 0 Å². The van der Waals surface area contributed by atoms with E-state index in [1.807, 2.05) is 6.92 Å². The molecule has 0 atom stereocenters. The Morgan fingerprint density at radius 2 is 2.00 bits per heavy atom. The van der Waals surface area contributed by atoms with Crippen LogP contribution in [0.3, 0.4) is 0 Å². The summed E-state index contributed by atoms with van der Waals surface area (Å²) >= 11 is 0. The lowest BCUT2D eigenvalue weighted by molar-refractivity contribution is 0.194. The second-order valence-corrected chi connectivity index (χ2v) is 6.59. The molecule has 0 amide bonds. The van der Waals surface area contributed by atoms with Crippen molar-refractivity contribution < 1.29 is 0 Å². The molecule has 3 heterocycles. The van der Waals surface area contributed by atoms with Gasteiger partial charge in [0.25, 0.3) is 0 Å². The first kappa shape index (κ1) is 14.5. The van der Waals surface area contributed by atoms with Gasteiger partial charge in [-0.2, -0.15) is 5.10 Å². The van der Waals surface area contributed by atoms with Gasteiger partial charge in [0.1, 0.15) is 0 Å². The van der Waals surface area contributed by atoms with Crippen LogP contribution in [0.25, 0.3) is 0 Å². The van der Waals surface area contributed by atoms with Crippen LogP contribution < -0.4 is 4.90 Å². The zero-order chi connectivity index (χ0) is 15.8. The van der Waals surface area contributed by atoms with E-state index in [1.54, 1.807) is 12.4 Å². The summed E-state index contributed by atoms with van der Waals surface area (Å²) in [6, 6.07) is 2.77. The standard InChI is InChI=1S/C17H22N6/c1-12-16(19-7-6-18-12)11-22(2)14-9-23(10-14)17-8-13-4-3-5-15(13)20-21-17/h6-8,14H,3-5,9-11H2,1-2H3. The zero-order valence-corrected chi connectivity index (χ0v) is 13.7. The normalized spacial score (nSPS) is 17.4. The molecule has 120 valence electrons. The van der Waals surface area contributed by atoms with Crippen molar-refractivity contribution in [2.45, 2.75) is 38.8 Å². The highest BCUT2D eigenvalue weighted by Gasteiger charge is 2.32. The fourth-order valence-corrected chi connectivity index (χ4v) is 3.35. The van der Waals surface area contributed by atoms with Gasteiger partial charge in [0.2, 0.25) is 0 Å². The Kier molecular flexibility index (Phi) is 3.69. The summed E-state index contributed by atoms with van der Waals surface area (Å²) in [5.41, 5.74) is 4.66. The van der Waals surface area contributed by atoms with E-state index in [9.17, 15) is 0 Å². The third-order valence-corrected chi connectivity index (χ3v) is 5.00. The largest absolute Gasteiger partial charge is 0.352 e. The second-order valence-electron chi connectivity index (χ2n) is 6.59. The number of likely N-dealkylation sites (N-methyl/N-ethyl adjacent to an activating group) is 1. The van der Waals surface area contributed by atoms with Crippen molar-refractivity contribution in [3.63, 3.8) is 0 Å². The number of aryl methyl sites for hydroxylation is 3. The van der Waals surface area contributed by atoms with Crippen LogP contribution in [0, 0.1) is 6.92 Å². The average molecular weight is 310 g/mol. The van der Waals surface area contributed by atoms with Crippen LogP contribution in [0.4, 0.5) is 5.82 Å². The molecule has 1 fully saturated rings. The molecule has 0 N–H and O–H groups in total. The number of nitrogens with zero attached hydrogens (tertiary/aromatic N) is 6. The van der Waals surface area contributed by atoms with Crippen molar-refractivity contribution in [1.82, 2.24) is 25.1 Å². The first-order valence-electron chi connectivity index (χ1n) is 8.28. The Morgan fingerprint density at radius 3 is 2.83 bits per heavy atom. The Labute approximate surface area is 136 Å². The van der Waals surface area contributed by atoms with Crippen LogP contribution in [0.2, 0.25) is 0 Å². The molecule has 2 aliphatic rings. The summed E-state index contributed by atoms with van der Waals surface area (Å²) in [7, 11) is 2.16. The second kappa shape index (κ2) is 5.85. The van der Waals surface area contributed by atoms with E-state index < -0.39 is 0 Å². The van der Waals surface area contributed by atoms with E-state index in [1.165, 1.54) is 17.7 Å². The van der Waals surface area contributed by atoms with Crippen molar-refractivity contribution in [3.05, 3.63) is 41.1 Å². The number of rotatable bonds is 4. The molecule has 1 aliphatic carbocycles. The Hall–Kier alpha value is -2.08. The minimum Gasteiger partial charge on any atom is -0.352 e. The Morgan fingerprint density at radius 1 is 1.17 bits per heavy atom. The molecule has 2 aromatic rings. The van der Waals surface area contributed by atoms with Gasteiger partial charge in [0, 0.05) is 38.1 Å². The van der Waals surface area contributed by atoms with E-state index in [-0.39, 0.29) is 0 Å². The van der Waals surface area contributed by atoms with E-state index in [4.69, 9.17) is 0 Å². The molecular weight excluding hydrogens is 288 g/mol. The first-order valence-corrected chi connectivity index (χ1v) is 8.28. The van der Waals surface area contributed by atoms with Crippen molar-refractivity contribution in [2.24, 2.45) is 0 Å².